The zero-order valence-electron chi connectivity index (χ0n) is 10.1. The van der Waals surface area contributed by atoms with Gasteiger partial charge in [-0.3, -0.25) is 0 Å². The fourth-order valence-electron chi connectivity index (χ4n) is 1.98. The first-order valence-corrected chi connectivity index (χ1v) is 7.09. The number of benzene rings is 1. The fraction of sp³-hybridized carbons (Fsp3) is 0.500. The van der Waals surface area contributed by atoms with Crippen LogP contribution < -0.4 is 4.72 Å². The van der Waals surface area contributed by atoms with Crippen LogP contribution in [0.1, 0.15) is 18.9 Å². The maximum Gasteiger partial charge on any atom is 0.241 e. The Labute approximate surface area is 102 Å². The van der Waals surface area contributed by atoms with E-state index >= 15 is 0 Å². The van der Waals surface area contributed by atoms with Gasteiger partial charge >= 0.3 is 0 Å². The molecule has 0 spiro atoms. The summed E-state index contributed by atoms with van der Waals surface area (Å²) < 4.78 is 32.5. The molecule has 0 saturated carbocycles. The van der Waals surface area contributed by atoms with Crippen LogP contribution in [0.2, 0.25) is 0 Å². The number of rotatable bonds is 3. The van der Waals surface area contributed by atoms with E-state index in [9.17, 15) is 8.42 Å². The van der Waals surface area contributed by atoms with E-state index in [0.29, 0.717) is 24.5 Å². The van der Waals surface area contributed by atoms with Crippen LogP contribution in [0, 0.1) is 6.92 Å². The molecule has 17 heavy (non-hydrogen) atoms. The van der Waals surface area contributed by atoms with Crippen LogP contribution in [0.3, 0.4) is 0 Å². The Hall–Kier alpha value is -0.910. The topological polar surface area (TPSA) is 55.4 Å². The summed E-state index contributed by atoms with van der Waals surface area (Å²) in [6.07, 6.45) is 0.706. The van der Waals surface area contributed by atoms with Gasteiger partial charge in [-0.2, -0.15) is 0 Å². The normalized spacial score (nSPS) is 25.1. The lowest BCUT2D eigenvalue weighted by Crippen LogP contribution is -2.46. The van der Waals surface area contributed by atoms with Crippen molar-refractivity contribution in [1.29, 1.82) is 0 Å². The number of hydrogen-bond acceptors (Lipinski definition) is 3. The summed E-state index contributed by atoms with van der Waals surface area (Å²) in [5, 5.41) is 0. The number of ether oxygens (including phenoxy) is 1. The SMILES string of the molecule is Cc1ccccc1S(=O)(=O)NC1(C)CCOC1. The zero-order chi connectivity index (χ0) is 12.5. The van der Waals surface area contributed by atoms with Crippen molar-refractivity contribution in [3.63, 3.8) is 0 Å². The van der Waals surface area contributed by atoms with E-state index in [1.54, 1.807) is 25.1 Å². The predicted octanol–water partition coefficient (Wildman–Crippen LogP) is 1.45. The molecule has 1 heterocycles. The third-order valence-corrected chi connectivity index (χ3v) is 4.78. The van der Waals surface area contributed by atoms with E-state index in [1.165, 1.54) is 0 Å². The Bertz CT molecular complexity index is 504. The molecule has 94 valence electrons. The van der Waals surface area contributed by atoms with Gasteiger partial charge in [0.25, 0.3) is 0 Å². The first-order valence-electron chi connectivity index (χ1n) is 5.60. The average Bonchev–Trinajstić information content (AvgIpc) is 2.64. The van der Waals surface area contributed by atoms with Crippen molar-refractivity contribution in [2.75, 3.05) is 13.2 Å². The van der Waals surface area contributed by atoms with Crippen molar-refractivity contribution in [2.24, 2.45) is 0 Å². The summed E-state index contributed by atoms with van der Waals surface area (Å²) in [7, 11) is -3.46. The molecule has 1 aliphatic rings. The highest BCUT2D eigenvalue weighted by molar-refractivity contribution is 7.89. The van der Waals surface area contributed by atoms with Gasteiger partial charge < -0.3 is 4.74 Å². The van der Waals surface area contributed by atoms with Crippen molar-refractivity contribution >= 4 is 10.0 Å². The summed E-state index contributed by atoms with van der Waals surface area (Å²) in [5.74, 6) is 0. The molecule has 1 saturated heterocycles. The third-order valence-electron chi connectivity index (χ3n) is 2.98. The Morgan fingerprint density at radius 2 is 2.06 bits per heavy atom. The van der Waals surface area contributed by atoms with Crippen molar-refractivity contribution in [3.05, 3.63) is 29.8 Å². The van der Waals surface area contributed by atoms with Crippen molar-refractivity contribution < 1.29 is 13.2 Å². The molecular weight excluding hydrogens is 238 g/mol. The second kappa shape index (κ2) is 4.40. The van der Waals surface area contributed by atoms with Gasteiger partial charge in [-0.05, 0) is 31.9 Å². The minimum atomic E-state index is -3.46. The second-order valence-electron chi connectivity index (χ2n) is 4.73. The van der Waals surface area contributed by atoms with Crippen LogP contribution in [-0.2, 0) is 14.8 Å². The quantitative estimate of drug-likeness (QED) is 0.889. The maximum absolute atomic E-state index is 12.2. The van der Waals surface area contributed by atoms with Gasteiger partial charge in [0.05, 0.1) is 17.0 Å². The van der Waals surface area contributed by atoms with Gasteiger partial charge in [0.15, 0.2) is 0 Å². The van der Waals surface area contributed by atoms with Gasteiger partial charge in [0.2, 0.25) is 10.0 Å². The molecular formula is C12H17NO3S. The van der Waals surface area contributed by atoms with Gasteiger partial charge in [-0.1, -0.05) is 18.2 Å². The van der Waals surface area contributed by atoms with Gasteiger partial charge in [-0.15, -0.1) is 0 Å². The maximum atomic E-state index is 12.2. The van der Waals surface area contributed by atoms with E-state index in [-0.39, 0.29) is 0 Å². The number of hydrogen-bond donors (Lipinski definition) is 1. The lowest BCUT2D eigenvalue weighted by atomic mass is 10.0. The Balaban J connectivity index is 2.28. The van der Waals surface area contributed by atoms with Crippen molar-refractivity contribution in [3.8, 4) is 0 Å². The molecule has 1 aromatic rings. The fourth-order valence-corrected chi connectivity index (χ4v) is 3.65. The van der Waals surface area contributed by atoms with Gasteiger partial charge in [0, 0.05) is 6.61 Å². The molecule has 1 aromatic carbocycles. The predicted molar refractivity (Wildman–Crippen MR) is 65.3 cm³/mol. The number of sulfonamides is 1. The lowest BCUT2D eigenvalue weighted by molar-refractivity contribution is 0.178. The minimum absolute atomic E-state index is 0.341. The van der Waals surface area contributed by atoms with Crippen LogP contribution in [0.5, 0.6) is 0 Å². The molecule has 1 N–H and O–H groups in total. The molecule has 1 atom stereocenters. The first-order chi connectivity index (χ1) is 7.93. The largest absolute Gasteiger partial charge is 0.379 e. The van der Waals surface area contributed by atoms with Gasteiger partial charge in [-0.25, -0.2) is 13.1 Å². The Morgan fingerprint density at radius 1 is 1.35 bits per heavy atom. The monoisotopic (exact) mass is 255 g/mol. The molecule has 0 amide bonds. The van der Waals surface area contributed by atoms with E-state index in [1.807, 2.05) is 13.0 Å². The zero-order valence-corrected chi connectivity index (χ0v) is 10.9. The molecule has 1 fully saturated rings. The first kappa shape index (κ1) is 12.5. The van der Waals surface area contributed by atoms with Crippen molar-refractivity contribution in [1.82, 2.24) is 4.72 Å². The third kappa shape index (κ3) is 2.68. The molecule has 0 bridgehead atoms. The molecule has 5 heteroatoms. The molecule has 1 aliphatic heterocycles. The highest BCUT2D eigenvalue weighted by Gasteiger charge is 2.34. The summed E-state index contributed by atoms with van der Waals surface area (Å²) in [4.78, 5) is 0.341. The van der Waals surface area contributed by atoms with E-state index in [4.69, 9.17) is 4.74 Å². The Kier molecular flexibility index (Phi) is 3.25. The molecule has 4 nitrogen and oxygen atoms in total. The number of aryl methyl sites for hydroxylation is 1. The highest BCUT2D eigenvalue weighted by Crippen LogP contribution is 2.22. The summed E-state index contributed by atoms with van der Waals surface area (Å²) in [6, 6.07) is 6.97. The van der Waals surface area contributed by atoms with Crippen LogP contribution in [0.4, 0.5) is 0 Å². The van der Waals surface area contributed by atoms with Crippen LogP contribution in [0.25, 0.3) is 0 Å². The van der Waals surface area contributed by atoms with Crippen LogP contribution >= 0.6 is 0 Å². The Morgan fingerprint density at radius 3 is 2.65 bits per heavy atom. The van der Waals surface area contributed by atoms with Gasteiger partial charge in [0.1, 0.15) is 0 Å². The van der Waals surface area contributed by atoms with E-state index < -0.39 is 15.6 Å². The van der Waals surface area contributed by atoms with E-state index in [2.05, 4.69) is 4.72 Å². The number of nitrogens with one attached hydrogen (secondary N) is 1. The lowest BCUT2D eigenvalue weighted by Gasteiger charge is -2.23. The molecule has 0 radical (unpaired) electrons. The standard InChI is InChI=1S/C12H17NO3S/c1-10-5-3-4-6-11(10)17(14,15)13-12(2)7-8-16-9-12/h3-6,13H,7-9H2,1-2H3. The summed E-state index contributed by atoms with van der Waals surface area (Å²) in [6.45, 7) is 4.70. The molecule has 0 aromatic heterocycles. The minimum Gasteiger partial charge on any atom is -0.379 e. The molecule has 1 unspecified atom stereocenters. The summed E-state index contributed by atoms with van der Waals surface area (Å²) in [5.41, 5.74) is 0.267. The highest BCUT2D eigenvalue weighted by atomic mass is 32.2. The smallest absolute Gasteiger partial charge is 0.241 e. The molecule has 2 rings (SSSR count). The van der Waals surface area contributed by atoms with Crippen LogP contribution in [0.15, 0.2) is 29.2 Å². The average molecular weight is 255 g/mol. The second-order valence-corrected chi connectivity index (χ2v) is 6.39. The van der Waals surface area contributed by atoms with Crippen LogP contribution in [-0.4, -0.2) is 27.2 Å². The summed E-state index contributed by atoms with van der Waals surface area (Å²) >= 11 is 0. The van der Waals surface area contributed by atoms with E-state index in [0.717, 1.165) is 5.56 Å². The van der Waals surface area contributed by atoms with Crippen molar-refractivity contribution in [2.45, 2.75) is 30.7 Å². The molecule has 0 aliphatic carbocycles.